The minimum atomic E-state index is -1.07. The molecule has 1 aliphatic rings. The Morgan fingerprint density at radius 3 is 2.72 bits per heavy atom. The number of hydrogen-bond acceptors (Lipinski definition) is 5. The summed E-state index contributed by atoms with van der Waals surface area (Å²) >= 11 is 1.59. The zero-order chi connectivity index (χ0) is 13.4. The molecule has 3 N–H and O–H groups in total. The Hall–Kier alpha value is -0.790. The smallest absolute Gasteiger partial charge is 0.328 e. The Morgan fingerprint density at radius 2 is 2.17 bits per heavy atom. The lowest BCUT2D eigenvalue weighted by molar-refractivity contribution is -0.142. The standard InChI is InChI=1S/C11H20N2O4S/c1-17-6-9(11(15)16)13-10(14)7-18-8-2-4-12-5-3-8/h8-9,12H,2-7H2,1H3,(H,13,14)(H,15,16). The lowest BCUT2D eigenvalue weighted by Gasteiger charge is -2.22. The van der Waals surface area contributed by atoms with Crippen LogP contribution in [0.5, 0.6) is 0 Å². The van der Waals surface area contributed by atoms with Crippen LogP contribution in [0.4, 0.5) is 0 Å². The molecule has 6 nitrogen and oxygen atoms in total. The molecule has 0 spiro atoms. The summed E-state index contributed by atoms with van der Waals surface area (Å²) in [7, 11) is 1.41. The van der Waals surface area contributed by atoms with E-state index >= 15 is 0 Å². The van der Waals surface area contributed by atoms with Crippen molar-refractivity contribution < 1.29 is 19.4 Å². The van der Waals surface area contributed by atoms with E-state index in [0.29, 0.717) is 11.0 Å². The molecule has 1 saturated heterocycles. The van der Waals surface area contributed by atoms with Crippen molar-refractivity contribution in [2.24, 2.45) is 0 Å². The molecule has 1 aliphatic heterocycles. The van der Waals surface area contributed by atoms with E-state index in [1.54, 1.807) is 11.8 Å². The molecule has 1 rings (SSSR count). The summed E-state index contributed by atoms with van der Waals surface area (Å²) in [4.78, 5) is 22.4. The van der Waals surface area contributed by atoms with E-state index in [1.165, 1.54) is 7.11 Å². The fourth-order valence-electron chi connectivity index (χ4n) is 1.73. The molecule has 0 aromatic carbocycles. The third-order valence-electron chi connectivity index (χ3n) is 2.70. The zero-order valence-corrected chi connectivity index (χ0v) is 11.3. The largest absolute Gasteiger partial charge is 0.480 e. The molecule has 1 atom stereocenters. The van der Waals surface area contributed by atoms with Gasteiger partial charge < -0.3 is 20.5 Å². The molecule has 1 fully saturated rings. The summed E-state index contributed by atoms with van der Waals surface area (Å²) in [5, 5.41) is 15.1. The molecule has 0 radical (unpaired) electrons. The van der Waals surface area contributed by atoms with Gasteiger partial charge in [0, 0.05) is 12.4 Å². The van der Waals surface area contributed by atoms with Crippen molar-refractivity contribution in [3.63, 3.8) is 0 Å². The maximum absolute atomic E-state index is 11.6. The van der Waals surface area contributed by atoms with Gasteiger partial charge in [0.15, 0.2) is 6.04 Å². The van der Waals surface area contributed by atoms with Gasteiger partial charge in [-0.3, -0.25) is 4.79 Å². The number of carbonyl (C=O) groups excluding carboxylic acids is 1. The summed E-state index contributed by atoms with van der Waals surface area (Å²) in [5.41, 5.74) is 0. The first-order valence-corrected chi connectivity index (χ1v) is 7.01. The van der Waals surface area contributed by atoms with E-state index in [2.05, 4.69) is 10.6 Å². The molecule has 104 valence electrons. The zero-order valence-electron chi connectivity index (χ0n) is 10.5. The first kappa shape index (κ1) is 15.3. The number of amides is 1. The minimum Gasteiger partial charge on any atom is -0.480 e. The minimum absolute atomic E-state index is 0.0148. The second-order valence-electron chi connectivity index (χ2n) is 4.17. The van der Waals surface area contributed by atoms with Gasteiger partial charge in [0.2, 0.25) is 5.91 Å². The molecule has 1 heterocycles. The number of nitrogens with one attached hydrogen (secondary N) is 2. The van der Waals surface area contributed by atoms with Gasteiger partial charge in [-0.15, -0.1) is 11.8 Å². The summed E-state index contributed by atoms with van der Waals surface area (Å²) in [6, 6.07) is -0.962. The van der Waals surface area contributed by atoms with Gasteiger partial charge in [0.25, 0.3) is 0 Å². The van der Waals surface area contributed by atoms with E-state index in [0.717, 1.165) is 25.9 Å². The third kappa shape index (κ3) is 5.70. The molecule has 7 heteroatoms. The first-order chi connectivity index (χ1) is 8.63. The van der Waals surface area contributed by atoms with Crippen LogP contribution >= 0.6 is 11.8 Å². The van der Waals surface area contributed by atoms with Crippen LogP contribution < -0.4 is 10.6 Å². The predicted octanol–water partition coefficient (Wildman–Crippen LogP) is -0.313. The van der Waals surface area contributed by atoms with Gasteiger partial charge in [0.05, 0.1) is 12.4 Å². The number of methoxy groups -OCH3 is 1. The monoisotopic (exact) mass is 276 g/mol. The van der Waals surface area contributed by atoms with E-state index in [4.69, 9.17) is 9.84 Å². The highest BCUT2D eigenvalue weighted by Crippen LogP contribution is 2.19. The SMILES string of the molecule is COCC(NC(=O)CSC1CCNCC1)C(=O)O. The van der Waals surface area contributed by atoms with E-state index in [-0.39, 0.29) is 12.5 Å². The highest BCUT2D eigenvalue weighted by Gasteiger charge is 2.21. The Bertz CT molecular complexity index is 282. The lowest BCUT2D eigenvalue weighted by Crippen LogP contribution is -2.44. The number of rotatable bonds is 7. The summed E-state index contributed by atoms with van der Waals surface area (Å²) in [6.45, 7) is 1.96. The normalized spacial score (nSPS) is 18.3. The maximum atomic E-state index is 11.6. The van der Waals surface area contributed by atoms with Crippen LogP contribution in [0.2, 0.25) is 0 Å². The number of carbonyl (C=O) groups is 2. The number of carboxylic acids is 1. The molecule has 0 aromatic heterocycles. The number of aliphatic carboxylic acids is 1. The molecular formula is C11H20N2O4S. The van der Waals surface area contributed by atoms with Gasteiger partial charge in [-0.25, -0.2) is 4.79 Å². The van der Waals surface area contributed by atoms with Crippen LogP contribution in [0, 0.1) is 0 Å². The van der Waals surface area contributed by atoms with Crippen molar-refractivity contribution in [1.82, 2.24) is 10.6 Å². The fraction of sp³-hybridized carbons (Fsp3) is 0.818. The second-order valence-corrected chi connectivity index (χ2v) is 5.46. The molecule has 1 amide bonds. The number of ether oxygens (including phenoxy) is 1. The number of piperidine rings is 1. The molecule has 0 aromatic rings. The Kier molecular flexibility index (Phi) is 7.07. The van der Waals surface area contributed by atoms with Crippen LogP contribution in [0.3, 0.4) is 0 Å². The molecule has 1 unspecified atom stereocenters. The highest BCUT2D eigenvalue weighted by atomic mass is 32.2. The molecule has 0 bridgehead atoms. The molecule has 18 heavy (non-hydrogen) atoms. The van der Waals surface area contributed by atoms with Crippen LogP contribution in [-0.4, -0.2) is 60.8 Å². The van der Waals surface area contributed by atoms with E-state index in [1.807, 2.05) is 0 Å². The quantitative estimate of drug-likeness (QED) is 0.591. The number of hydrogen-bond donors (Lipinski definition) is 3. The Balaban J connectivity index is 2.24. The summed E-state index contributed by atoms with van der Waals surface area (Å²) in [5.74, 6) is -1.02. The molecule has 0 saturated carbocycles. The third-order valence-corrected chi connectivity index (χ3v) is 4.07. The molecule has 0 aliphatic carbocycles. The average Bonchev–Trinajstić information content (AvgIpc) is 2.37. The van der Waals surface area contributed by atoms with Crippen LogP contribution in [0.25, 0.3) is 0 Å². The van der Waals surface area contributed by atoms with Crippen molar-refractivity contribution in [2.75, 3.05) is 32.6 Å². The van der Waals surface area contributed by atoms with Crippen molar-refractivity contribution in [2.45, 2.75) is 24.1 Å². The second kappa shape index (κ2) is 8.34. The topological polar surface area (TPSA) is 87.7 Å². The molecular weight excluding hydrogens is 256 g/mol. The van der Waals surface area contributed by atoms with E-state index in [9.17, 15) is 9.59 Å². The number of thioether (sulfide) groups is 1. The van der Waals surface area contributed by atoms with Crippen molar-refractivity contribution in [3.8, 4) is 0 Å². The fourth-order valence-corrected chi connectivity index (χ4v) is 2.77. The van der Waals surface area contributed by atoms with Crippen molar-refractivity contribution >= 4 is 23.6 Å². The van der Waals surface area contributed by atoms with Crippen LogP contribution in [0.1, 0.15) is 12.8 Å². The van der Waals surface area contributed by atoms with Crippen molar-refractivity contribution in [1.29, 1.82) is 0 Å². The number of carboxylic acid groups (broad SMARTS) is 1. The highest BCUT2D eigenvalue weighted by molar-refractivity contribution is 8.00. The summed E-state index contributed by atoms with van der Waals surface area (Å²) < 4.78 is 4.75. The predicted molar refractivity (Wildman–Crippen MR) is 69.8 cm³/mol. The first-order valence-electron chi connectivity index (χ1n) is 5.97. The lowest BCUT2D eigenvalue weighted by atomic mass is 10.2. The van der Waals surface area contributed by atoms with Gasteiger partial charge in [-0.05, 0) is 25.9 Å². The van der Waals surface area contributed by atoms with Crippen LogP contribution in [0.15, 0.2) is 0 Å². The Morgan fingerprint density at radius 1 is 1.50 bits per heavy atom. The maximum Gasteiger partial charge on any atom is 0.328 e. The summed E-state index contributed by atoms with van der Waals surface area (Å²) in [6.07, 6.45) is 2.11. The van der Waals surface area contributed by atoms with E-state index < -0.39 is 12.0 Å². The van der Waals surface area contributed by atoms with Gasteiger partial charge >= 0.3 is 5.97 Å². The van der Waals surface area contributed by atoms with Gasteiger partial charge in [-0.1, -0.05) is 0 Å². The van der Waals surface area contributed by atoms with Gasteiger partial charge in [-0.2, -0.15) is 0 Å². The van der Waals surface area contributed by atoms with Crippen LogP contribution in [-0.2, 0) is 14.3 Å². The van der Waals surface area contributed by atoms with Crippen molar-refractivity contribution in [3.05, 3.63) is 0 Å². The Labute approximate surface area is 111 Å². The van der Waals surface area contributed by atoms with Gasteiger partial charge in [0.1, 0.15) is 0 Å². The average molecular weight is 276 g/mol.